The maximum atomic E-state index is 12.8. The van der Waals surface area contributed by atoms with Gasteiger partial charge in [-0.15, -0.1) is 0 Å². The molecule has 0 radical (unpaired) electrons. The standard InChI is InChI=1S/C61H108O6/c1-4-7-10-13-16-19-22-25-28-29-30-31-34-36-39-42-45-48-51-54-60(63)66-57-58(67-61(64)55-52-49-46-43-40-37-33-27-24-21-18-15-12-9-6-3)56-65-59(62)53-50-47-44-41-38-35-32-26-23-20-17-14-11-8-5-2/h7,10,16,18-19,21,24-25,27-28,58H,4-6,8-9,11-15,17,20,22-23,26,29-57H2,1-3H3/b10-7-,19-16-,21-18-,27-24-,28-25-. The third-order valence-electron chi connectivity index (χ3n) is 12.5. The van der Waals surface area contributed by atoms with Crippen LogP contribution in [0.5, 0.6) is 0 Å². The average Bonchev–Trinajstić information content (AvgIpc) is 3.33. The van der Waals surface area contributed by atoms with E-state index in [0.29, 0.717) is 19.3 Å². The molecule has 388 valence electrons. The van der Waals surface area contributed by atoms with Gasteiger partial charge in [0.1, 0.15) is 13.2 Å². The van der Waals surface area contributed by atoms with Crippen molar-refractivity contribution < 1.29 is 28.6 Å². The first-order valence-corrected chi connectivity index (χ1v) is 28.8. The van der Waals surface area contributed by atoms with Crippen molar-refractivity contribution in [2.75, 3.05) is 13.2 Å². The van der Waals surface area contributed by atoms with E-state index in [-0.39, 0.29) is 31.1 Å². The van der Waals surface area contributed by atoms with Crippen molar-refractivity contribution in [3.63, 3.8) is 0 Å². The van der Waals surface area contributed by atoms with Gasteiger partial charge in [0.15, 0.2) is 6.10 Å². The van der Waals surface area contributed by atoms with Crippen LogP contribution in [-0.2, 0) is 28.6 Å². The second-order valence-electron chi connectivity index (χ2n) is 19.2. The lowest BCUT2D eigenvalue weighted by atomic mass is 10.0. The number of hydrogen-bond donors (Lipinski definition) is 0. The van der Waals surface area contributed by atoms with E-state index >= 15 is 0 Å². The summed E-state index contributed by atoms with van der Waals surface area (Å²) in [6.07, 6.45) is 69.2. The molecule has 0 aliphatic carbocycles. The fourth-order valence-corrected chi connectivity index (χ4v) is 8.21. The number of esters is 3. The minimum Gasteiger partial charge on any atom is -0.462 e. The molecule has 6 heteroatoms. The Balaban J connectivity index is 4.37. The normalized spacial score (nSPS) is 12.5. The van der Waals surface area contributed by atoms with Gasteiger partial charge in [0.2, 0.25) is 0 Å². The van der Waals surface area contributed by atoms with Crippen molar-refractivity contribution in [3.05, 3.63) is 60.8 Å². The van der Waals surface area contributed by atoms with Crippen LogP contribution in [0.3, 0.4) is 0 Å². The summed E-state index contributed by atoms with van der Waals surface area (Å²) in [5.74, 6) is -0.883. The number of carbonyl (C=O) groups is 3. The van der Waals surface area contributed by atoms with Crippen LogP contribution >= 0.6 is 0 Å². The van der Waals surface area contributed by atoms with Crippen molar-refractivity contribution in [2.45, 2.75) is 297 Å². The van der Waals surface area contributed by atoms with Crippen LogP contribution in [0, 0.1) is 0 Å². The molecule has 6 nitrogen and oxygen atoms in total. The van der Waals surface area contributed by atoms with Crippen LogP contribution in [0.4, 0.5) is 0 Å². The highest BCUT2D eigenvalue weighted by molar-refractivity contribution is 5.71. The van der Waals surface area contributed by atoms with Crippen LogP contribution in [-0.4, -0.2) is 37.2 Å². The zero-order valence-electron chi connectivity index (χ0n) is 44.4. The Labute approximate surface area is 415 Å². The average molecular weight is 938 g/mol. The number of carbonyl (C=O) groups excluding carboxylic acids is 3. The number of allylic oxidation sites excluding steroid dienone is 10. The molecule has 0 aromatic rings. The van der Waals surface area contributed by atoms with Crippen LogP contribution < -0.4 is 0 Å². The molecule has 67 heavy (non-hydrogen) atoms. The molecule has 0 bridgehead atoms. The van der Waals surface area contributed by atoms with Crippen molar-refractivity contribution in [1.82, 2.24) is 0 Å². The molecule has 1 atom stereocenters. The summed E-state index contributed by atoms with van der Waals surface area (Å²) < 4.78 is 16.9. The Morgan fingerprint density at radius 1 is 0.328 bits per heavy atom. The monoisotopic (exact) mass is 937 g/mol. The summed E-state index contributed by atoms with van der Waals surface area (Å²) in [6, 6.07) is 0. The molecule has 0 spiro atoms. The fourth-order valence-electron chi connectivity index (χ4n) is 8.21. The van der Waals surface area contributed by atoms with Gasteiger partial charge in [0.25, 0.3) is 0 Å². The van der Waals surface area contributed by atoms with Crippen molar-refractivity contribution in [3.8, 4) is 0 Å². The number of hydrogen-bond acceptors (Lipinski definition) is 6. The lowest BCUT2D eigenvalue weighted by Gasteiger charge is -2.18. The predicted octanol–water partition coefficient (Wildman–Crippen LogP) is 19.2. The molecule has 1 unspecified atom stereocenters. The molecule has 0 saturated heterocycles. The second-order valence-corrected chi connectivity index (χ2v) is 19.2. The van der Waals surface area contributed by atoms with Crippen molar-refractivity contribution in [1.29, 1.82) is 0 Å². The zero-order chi connectivity index (χ0) is 48.6. The van der Waals surface area contributed by atoms with E-state index < -0.39 is 6.10 Å². The molecule has 0 aromatic heterocycles. The van der Waals surface area contributed by atoms with Gasteiger partial charge in [-0.25, -0.2) is 0 Å². The molecule has 0 saturated carbocycles. The highest BCUT2D eigenvalue weighted by atomic mass is 16.6. The first kappa shape index (κ1) is 64.1. The molecule has 0 amide bonds. The molecule has 0 fully saturated rings. The van der Waals surface area contributed by atoms with Crippen molar-refractivity contribution in [2.24, 2.45) is 0 Å². The highest BCUT2D eigenvalue weighted by Crippen LogP contribution is 2.16. The van der Waals surface area contributed by atoms with Crippen LogP contribution in [0.1, 0.15) is 290 Å². The first-order valence-electron chi connectivity index (χ1n) is 28.8. The predicted molar refractivity (Wildman–Crippen MR) is 288 cm³/mol. The third kappa shape index (κ3) is 53.9. The van der Waals surface area contributed by atoms with Gasteiger partial charge in [-0.3, -0.25) is 14.4 Å². The van der Waals surface area contributed by atoms with E-state index in [2.05, 4.69) is 81.5 Å². The van der Waals surface area contributed by atoms with Crippen molar-refractivity contribution >= 4 is 17.9 Å². The van der Waals surface area contributed by atoms with Crippen LogP contribution in [0.15, 0.2) is 60.8 Å². The molecule has 0 N–H and O–H groups in total. The summed E-state index contributed by atoms with van der Waals surface area (Å²) in [6.45, 7) is 6.52. The van der Waals surface area contributed by atoms with Crippen LogP contribution in [0.25, 0.3) is 0 Å². The summed E-state index contributed by atoms with van der Waals surface area (Å²) in [7, 11) is 0. The Kier molecular flexibility index (Phi) is 53.3. The Bertz CT molecular complexity index is 1210. The smallest absolute Gasteiger partial charge is 0.306 e. The molecule has 0 heterocycles. The molecular formula is C61H108O6. The van der Waals surface area contributed by atoms with Crippen LogP contribution in [0.2, 0.25) is 0 Å². The minimum absolute atomic E-state index is 0.0780. The number of rotatable bonds is 52. The Hall–Kier alpha value is -2.89. The second kappa shape index (κ2) is 55.7. The summed E-state index contributed by atoms with van der Waals surface area (Å²) in [4.78, 5) is 38.2. The number of ether oxygens (including phenoxy) is 3. The van der Waals surface area contributed by atoms with Gasteiger partial charge in [-0.1, -0.05) is 255 Å². The lowest BCUT2D eigenvalue weighted by Crippen LogP contribution is -2.30. The van der Waals surface area contributed by atoms with E-state index in [0.717, 1.165) is 83.5 Å². The Morgan fingerprint density at radius 3 is 1.03 bits per heavy atom. The maximum absolute atomic E-state index is 12.8. The van der Waals surface area contributed by atoms with Gasteiger partial charge < -0.3 is 14.2 Å². The van der Waals surface area contributed by atoms with Gasteiger partial charge in [0.05, 0.1) is 0 Å². The number of unbranched alkanes of at least 4 members (excludes halogenated alkanes) is 32. The topological polar surface area (TPSA) is 78.9 Å². The molecule has 0 rings (SSSR count). The van der Waals surface area contributed by atoms with E-state index in [1.54, 1.807) is 0 Å². The van der Waals surface area contributed by atoms with E-state index in [4.69, 9.17) is 14.2 Å². The molecular weight excluding hydrogens is 829 g/mol. The van der Waals surface area contributed by atoms with Gasteiger partial charge in [0, 0.05) is 19.3 Å². The zero-order valence-corrected chi connectivity index (χ0v) is 44.4. The van der Waals surface area contributed by atoms with E-state index in [1.165, 1.54) is 167 Å². The SMILES string of the molecule is CC/C=C\C/C=C\C/C=C\CCCCCCCCCCCC(=O)OCC(COC(=O)CCCCCCCCCCCCCCCCC)OC(=O)CCCCCCCC/C=C\C=C/CCCCC. The van der Waals surface area contributed by atoms with E-state index in [9.17, 15) is 14.4 Å². The fraction of sp³-hybridized carbons (Fsp3) is 0.787. The highest BCUT2D eigenvalue weighted by Gasteiger charge is 2.19. The lowest BCUT2D eigenvalue weighted by molar-refractivity contribution is -0.167. The molecule has 0 aliphatic rings. The quantitative estimate of drug-likeness (QED) is 0.0199. The van der Waals surface area contributed by atoms with Gasteiger partial charge >= 0.3 is 17.9 Å². The summed E-state index contributed by atoms with van der Waals surface area (Å²) in [5.41, 5.74) is 0. The summed E-state index contributed by atoms with van der Waals surface area (Å²) in [5, 5.41) is 0. The first-order chi connectivity index (χ1) is 33.0. The Morgan fingerprint density at radius 2 is 0.627 bits per heavy atom. The summed E-state index contributed by atoms with van der Waals surface area (Å²) >= 11 is 0. The molecule has 0 aromatic carbocycles. The van der Waals surface area contributed by atoms with Gasteiger partial charge in [-0.2, -0.15) is 0 Å². The molecule has 0 aliphatic heterocycles. The van der Waals surface area contributed by atoms with E-state index in [1.807, 2.05) is 0 Å². The third-order valence-corrected chi connectivity index (χ3v) is 12.5. The maximum Gasteiger partial charge on any atom is 0.306 e. The minimum atomic E-state index is -0.781. The van der Waals surface area contributed by atoms with Gasteiger partial charge in [-0.05, 0) is 77.0 Å². The largest absolute Gasteiger partial charge is 0.462 e.